The summed E-state index contributed by atoms with van der Waals surface area (Å²) in [5.41, 5.74) is 0. The summed E-state index contributed by atoms with van der Waals surface area (Å²) < 4.78 is 6.60. The molecule has 0 saturated heterocycles. The van der Waals surface area contributed by atoms with Crippen molar-refractivity contribution in [2.45, 2.75) is 31.1 Å². The monoisotopic (exact) mass is 274 g/mol. The van der Waals surface area contributed by atoms with Crippen LogP contribution in [0, 0.1) is 0 Å². The summed E-state index contributed by atoms with van der Waals surface area (Å²) in [4.78, 5) is 15.1. The molecule has 0 aliphatic heterocycles. The number of aromatic nitrogens is 2. The van der Waals surface area contributed by atoms with Crippen molar-refractivity contribution in [1.82, 2.24) is 9.55 Å². The third-order valence-electron chi connectivity index (χ3n) is 2.08. The Morgan fingerprint density at radius 2 is 2.33 bits per heavy atom. The maximum absolute atomic E-state index is 11.2. The van der Waals surface area contributed by atoms with E-state index in [0.717, 1.165) is 5.82 Å². The first kappa shape index (κ1) is 12.2. The molecule has 1 heterocycles. The van der Waals surface area contributed by atoms with Gasteiger partial charge in [-0.05, 0) is 0 Å². The molecule has 84 valence electrons. The van der Waals surface area contributed by atoms with Crippen LogP contribution in [0.5, 0.6) is 0 Å². The lowest BCUT2D eigenvalue weighted by Crippen LogP contribution is -2.22. The second kappa shape index (κ2) is 5.30. The highest BCUT2D eigenvalue weighted by Crippen LogP contribution is 2.14. The lowest BCUT2D eigenvalue weighted by atomic mass is 10.2. The first-order valence-electron chi connectivity index (χ1n) is 4.79. The molecule has 0 N–H and O–H groups in total. The van der Waals surface area contributed by atoms with Gasteiger partial charge in [-0.3, -0.25) is 4.79 Å². The molecule has 0 saturated carbocycles. The maximum Gasteiger partial charge on any atom is 0.321 e. The first-order chi connectivity index (χ1) is 7.06. The van der Waals surface area contributed by atoms with Crippen molar-refractivity contribution >= 4 is 21.9 Å². The lowest BCUT2D eigenvalue weighted by molar-refractivity contribution is -0.140. The number of carbonyl (C=O) groups is 1. The number of imidazole rings is 1. The van der Waals surface area contributed by atoms with Crippen LogP contribution in [-0.4, -0.2) is 27.5 Å². The molecule has 1 unspecified atom stereocenters. The fourth-order valence-electron chi connectivity index (χ4n) is 1.35. The SMILES string of the molecule is COC(=O)C(Br)Cn1ccnc1C(C)C. The van der Waals surface area contributed by atoms with Gasteiger partial charge in [0.25, 0.3) is 0 Å². The Morgan fingerprint density at radius 3 is 2.87 bits per heavy atom. The van der Waals surface area contributed by atoms with Crippen molar-refractivity contribution in [2.24, 2.45) is 0 Å². The summed E-state index contributed by atoms with van der Waals surface area (Å²) >= 11 is 3.28. The van der Waals surface area contributed by atoms with Crippen LogP contribution in [0.3, 0.4) is 0 Å². The summed E-state index contributed by atoms with van der Waals surface area (Å²) in [7, 11) is 1.38. The highest BCUT2D eigenvalue weighted by molar-refractivity contribution is 9.10. The average molecular weight is 275 g/mol. The summed E-state index contributed by atoms with van der Waals surface area (Å²) in [6, 6.07) is 0. The summed E-state index contributed by atoms with van der Waals surface area (Å²) in [6.45, 7) is 4.68. The zero-order valence-electron chi connectivity index (χ0n) is 9.11. The number of methoxy groups -OCH3 is 1. The van der Waals surface area contributed by atoms with Crippen LogP contribution < -0.4 is 0 Å². The van der Waals surface area contributed by atoms with Crippen molar-refractivity contribution in [3.63, 3.8) is 0 Å². The Labute approximate surface area is 97.8 Å². The van der Waals surface area contributed by atoms with Crippen LogP contribution in [0.15, 0.2) is 12.4 Å². The Morgan fingerprint density at radius 1 is 1.67 bits per heavy atom. The van der Waals surface area contributed by atoms with Crippen molar-refractivity contribution in [3.05, 3.63) is 18.2 Å². The van der Waals surface area contributed by atoms with E-state index in [2.05, 4.69) is 39.5 Å². The number of alkyl halides is 1. The lowest BCUT2D eigenvalue weighted by Gasteiger charge is -2.12. The molecule has 5 heteroatoms. The number of ether oxygens (including phenoxy) is 1. The van der Waals surface area contributed by atoms with Gasteiger partial charge in [0, 0.05) is 24.9 Å². The fraction of sp³-hybridized carbons (Fsp3) is 0.600. The quantitative estimate of drug-likeness (QED) is 0.623. The standard InChI is InChI=1S/C10H15BrN2O2/c1-7(2)9-12-4-5-13(9)6-8(11)10(14)15-3/h4-5,7-8H,6H2,1-3H3. The van der Waals surface area contributed by atoms with Gasteiger partial charge in [0.15, 0.2) is 0 Å². The number of esters is 1. The number of hydrogen-bond donors (Lipinski definition) is 0. The van der Waals surface area contributed by atoms with E-state index in [0.29, 0.717) is 12.5 Å². The number of nitrogens with zero attached hydrogens (tertiary/aromatic N) is 2. The minimum atomic E-state index is -0.325. The average Bonchev–Trinajstić information content (AvgIpc) is 2.64. The third-order valence-corrected chi connectivity index (χ3v) is 2.74. The van der Waals surface area contributed by atoms with Gasteiger partial charge in [0.1, 0.15) is 10.7 Å². The minimum Gasteiger partial charge on any atom is -0.468 e. The van der Waals surface area contributed by atoms with E-state index in [1.165, 1.54) is 7.11 Å². The topological polar surface area (TPSA) is 44.1 Å². The Bertz CT molecular complexity index is 336. The highest BCUT2D eigenvalue weighted by atomic mass is 79.9. The molecule has 0 spiro atoms. The molecule has 0 bridgehead atoms. The zero-order valence-corrected chi connectivity index (χ0v) is 10.7. The highest BCUT2D eigenvalue weighted by Gasteiger charge is 2.17. The van der Waals surface area contributed by atoms with Crippen LogP contribution in [0.2, 0.25) is 0 Å². The van der Waals surface area contributed by atoms with Gasteiger partial charge in [-0.25, -0.2) is 4.98 Å². The fourth-order valence-corrected chi connectivity index (χ4v) is 1.85. The largest absolute Gasteiger partial charge is 0.468 e. The van der Waals surface area contributed by atoms with Gasteiger partial charge in [0.2, 0.25) is 0 Å². The second-order valence-corrected chi connectivity index (χ2v) is 4.69. The summed E-state index contributed by atoms with van der Waals surface area (Å²) in [5, 5.41) is 0. The predicted molar refractivity (Wildman–Crippen MR) is 61.0 cm³/mol. The third kappa shape index (κ3) is 3.06. The van der Waals surface area contributed by atoms with Gasteiger partial charge in [0.05, 0.1) is 7.11 Å². The Balaban J connectivity index is 2.72. The number of rotatable bonds is 4. The molecule has 1 atom stereocenters. The van der Waals surface area contributed by atoms with Crippen LogP contribution in [0.25, 0.3) is 0 Å². The second-order valence-electron chi connectivity index (χ2n) is 3.58. The molecule has 0 amide bonds. The van der Waals surface area contributed by atoms with Gasteiger partial charge >= 0.3 is 5.97 Å². The first-order valence-corrected chi connectivity index (χ1v) is 5.70. The van der Waals surface area contributed by atoms with E-state index >= 15 is 0 Å². The molecule has 0 aliphatic rings. The molecular formula is C10H15BrN2O2. The summed E-state index contributed by atoms with van der Waals surface area (Å²) in [6.07, 6.45) is 3.61. The Kier molecular flexibility index (Phi) is 4.32. The molecule has 0 fully saturated rings. The minimum absolute atomic E-state index is 0.265. The van der Waals surface area contributed by atoms with Crippen LogP contribution in [-0.2, 0) is 16.1 Å². The van der Waals surface area contributed by atoms with Gasteiger partial charge in [-0.2, -0.15) is 0 Å². The van der Waals surface area contributed by atoms with Crippen LogP contribution in [0.4, 0.5) is 0 Å². The number of carbonyl (C=O) groups excluding carboxylic acids is 1. The van der Waals surface area contributed by atoms with E-state index in [4.69, 9.17) is 0 Å². The number of hydrogen-bond acceptors (Lipinski definition) is 3. The molecular weight excluding hydrogens is 260 g/mol. The van der Waals surface area contributed by atoms with E-state index in [-0.39, 0.29) is 10.8 Å². The van der Waals surface area contributed by atoms with E-state index in [1.54, 1.807) is 6.20 Å². The molecule has 0 aromatic carbocycles. The van der Waals surface area contributed by atoms with Crippen LogP contribution >= 0.6 is 15.9 Å². The molecule has 4 nitrogen and oxygen atoms in total. The normalized spacial score (nSPS) is 12.9. The maximum atomic E-state index is 11.2. The molecule has 1 rings (SSSR count). The smallest absolute Gasteiger partial charge is 0.321 e. The van der Waals surface area contributed by atoms with Crippen LogP contribution in [0.1, 0.15) is 25.6 Å². The molecule has 0 aliphatic carbocycles. The van der Waals surface area contributed by atoms with E-state index in [1.807, 2.05) is 10.8 Å². The predicted octanol–water partition coefficient (Wildman–Crippen LogP) is 1.94. The molecule has 15 heavy (non-hydrogen) atoms. The van der Waals surface area contributed by atoms with Crippen molar-refractivity contribution < 1.29 is 9.53 Å². The molecule has 0 radical (unpaired) electrons. The van der Waals surface area contributed by atoms with Crippen molar-refractivity contribution in [1.29, 1.82) is 0 Å². The van der Waals surface area contributed by atoms with Gasteiger partial charge < -0.3 is 9.30 Å². The van der Waals surface area contributed by atoms with Crippen molar-refractivity contribution in [2.75, 3.05) is 7.11 Å². The zero-order chi connectivity index (χ0) is 11.4. The van der Waals surface area contributed by atoms with Gasteiger partial charge in [-0.15, -0.1) is 0 Å². The van der Waals surface area contributed by atoms with Crippen molar-refractivity contribution in [3.8, 4) is 0 Å². The van der Waals surface area contributed by atoms with Gasteiger partial charge in [-0.1, -0.05) is 29.8 Å². The molecule has 1 aromatic heterocycles. The number of halogens is 1. The summed E-state index contributed by atoms with van der Waals surface area (Å²) in [5.74, 6) is 1.05. The van der Waals surface area contributed by atoms with E-state index in [9.17, 15) is 4.79 Å². The molecule has 1 aromatic rings. The van der Waals surface area contributed by atoms with E-state index < -0.39 is 0 Å². The Hall–Kier alpha value is -0.840.